The highest BCUT2D eigenvalue weighted by atomic mass is 32.1. The lowest BCUT2D eigenvalue weighted by Gasteiger charge is -2.07. The summed E-state index contributed by atoms with van der Waals surface area (Å²) in [6, 6.07) is 0. The monoisotopic (exact) mass is 295 g/mol. The number of thiazole rings is 1. The molecule has 0 aliphatic rings. The number of rotatable bonds is 5. The first kappa shape index (κ1) is 14.1. The first-order valence-electron chi connectivity index (χ1n) is 5.79. The normalized spacial score (nSPS) is 10.5. The highest BCUT2D eigenvalue weighted by molar-refractivity contribution is 7.09. The summed E-state index contributed by atoms with van der Waals surface area (Å²) in [5.41, 5.74) is 8.11. The van der Waals surface area contributed by atoms with Gasteiger partial charge in [0.05, 0.1) is 22.7 Å². The van der Waals surface area contributed by atoms with Crippen molar-refractivity contribution in [3.63, 3.8) is 0 Å². The Balaban J connectivity index is 2.13. The van der Waals surface area contributed by atoms with Gasteiger partial charge in [-0.1, -0.05) is 0 Å². The average Bonchev–Trinajstić information content (AvgIpc) is 2.73. The number of nitrogens with zero attached hydrogens (tertiary/aromatic N) is 4. The van der Waals surface area contributed by atoms with Crippen molar-refractivity contribution in [2.45, 2.75) is 20.3 Å². The van der Waals surface area contributed by atoms with Gasteiger partial charge < -0.3 is 10.5 Å². The predicted octanol–water partition coefficient (Wildman–Crippen LogP) is 1.66. The van der Waals surface area contributed by atoms with Crippen LogP contribution in [0.15, 0.2) is 5.51 Å². The van der Waals surface area contributed by atoms with Crippen molar-refractivity contribution in [2.75, 3.05) is 12.3 Å². The molecule has 2 rings (SSSR count). The highest BCUT2D eigenvalue weighted by Gasteiger charge is 2.23. The topological polar surface area (TPSA) is 117 Å². The number of aromatic nitrogens is 3. The van der Waals surface area contributed by atoms with Gasteiger partial charge in [-0.2, -0.15) is 4.98 Å². The van der Waals surface area contributed by atoms with Crippen LogP contribution in [0.25, 0.3) is 0 Å². The minimum atomic E-state index is -0.567. The van der Waals surface area contributed by atoms with Gasteiger partial charge in [-0.15, -0.1) is 11.3 Å². The Morgan fingerprint density at radius 1 is 1.40 bits per heavy atom. The molecule has 9 heteroatoms. The van der Waals surface area contributed by atoms with Crippen LogP contribution in [0.5, 0.6) is 5.88 Å². The van der Waals surface area contributed by atoms with E-state index >= 15 is 0 Å². The zero-order valence-electron chi connectivity index (χ0n) is 11.0. The third-order valence-corrected chi connectivity index (χ3v) is 3.63. The van der Waals surface area contributed by atoms with Crippen LogP contribution in [-0.2, 0) is 6.42 Å². The van der Waals surface area contributed by atoms with Gasteiger partial charge in [0.15, 0.2) is 0 Å². The fourth-order valence-electron chi connectivity index (χ4n) is 1.68. The Bertz CT molecular complexity index is 643. The molecule has 0 fully saturated rings. The molecule has 106 valence electrons. The summed E-state index contributed by atoms with van der Waals surface area (Å²) >= 11 is 1.52. The maximum atomic E-state index is 11.0. The summed E-state index contributed by atoms with van der Waals surface area (Å²) in [7, 11) is 0. The molecule has 2 aromatic heterocycles. The molecule has 0 aliphatic heterocycles. The summed E-state index contributed by atoms with van der Waals surface area (Å²) in [4.78, 5) is 23.2. The molecule has 20 heavy (non-hydrogen) atoms. The summed E-state index contributed by atoms with van der Waals surface area (Å²) in [6.45, 7) is 3.66. The number of nitrogens with two attached hydrogens (primary N) is 1. The lowest BCUT2D eigenvalue weighted by molar-refractivity contribution is -0.387. The number of nitro groups is 1. The van der Waals surface area contributed by atoms with E-state index in [9.17, 15) is 10.1 Å². The van der Waals surface area contributed by atoms with E-state index in [0.717, 1.165) is 10.6 Å². The maximum absolute atomic E-state index is 11.0. The molecule has 8 nitrogen and oxygen atoms in total. The van der Waals surface area contributed by atoms with E-state index < -0.39 is 4.92 Å². The highest BCUT2D eigenvalue weighted by Crippen LogP contribution is 2.28. The van der Waals surface area contributed by atoms with E-state index in [1.54, 1.807) is 5.51 Å². The molecule has 0 radical (unpaired) electrons. The lowest BCUT2D eigenvalue weighted by atomic mass is 10.3. The second-order valence-corrected chi connectivity index (χ2v) is 4.98. The summed E-state index contributed by atoms with van der Waals surface area (Å²) in [5.74, 6) is -0.140. The predicted molar refractivity (Wildman–Crippen MR) is 73.9 cm³/mol. The van der Waals surface area contributed by atoms with Crippen LogP contribution in [0, 0.1) is 24.0 Å². The molecule has 0 saturated heterocycles. The fraction of sp³-hybridized carbons (Fsp3) is 0.364. The molecule has 0 atom stereocenters. The minimum absolute atomic E-state index is 0.0444. The number of nitrogen functional groups attached to an aromatic ring is 1. The first-order chi connectivity index (χ1) is 9.49. The average molecular weight is 295 g/mol. The van der Waals surface area contributed by atoms with Gasteiger partial charge in [-0.3, -0.25) is 10.1 Å². The number of aryl methyl sites for hydroxylation is 2. The summed E-state index contributed by atoms with van der Waals surface area (Å²) in [6.07, 6.45) is 0.608. The zero-order valence-corrected chi connectivity index (χ0v) is 11.8. The van der Waals surface area contributed by atoms with Crippen LogP contribution in [0.1, 0.15) is 16.3 Å². The van der Waals surface area contributed by atoms with Crippen molar-refractivity contribution in [3.8, 4) is 5.88 Å². The van der Waals surface area contributed by atoms with Crippen LogP contribution in [0.4, 0.5) is 11.6 Å². The minimum Gasteiger partial charge on any atom is -0.472 e. The molecule has 2 aromatic rings. The molecule has 2 heterocycles. The Morgan fingerprint density at radius 3 is 2.75 bits per heavy atom. The van der Waals surface area contributed by atoms with Gasteiger partial charge >= 0.3 is 5.69 Å². The number of ether oxygens (including phenoxy) is 1. The maximum Gasteiger partial charge on any atom is 0.352 e. The molecule has 0 aromatic carbocycles. The van der Waals surface area contributed by atoms with E-state index in [0.29, 0.717) is 6.42 Å². The van der Waals surface area contributed by atoms with Gasteiger partial charge in [0, 0.05) is 11.3 Å². The Hall–Kier alpha value is -2.29. The lowest BCUT2D eigenvalue weighted by Crippen LogP contribution is -2.09. The molecule has 0 saturated carbocycles. The van der Waals surface area contributed by atoms with Gasteiger partial charge in [-0.25, -0.2) is 9.97 Å². The van der Waals surface area contributed by atoms with Crippen molar-refractivity contribution in [1.29, 1.82) is 0 Å². The Labute approximate surface area is 118 Å². The van der Waals surface area contributed by atoms with Crippen LogP contribution < -0.4 is 10.5 Å². The van der Waals surface area contributed by atoms with Crippen molar-refractivity contribution in [3.05, 3.63) is 31.9 Å². The van der Waals surface area contributed by atoms with E-state index in [1.165, 1.54) is 18.3 Å². The molecular formula is C11H13N5O3S. The zero-order chi connectivity index (χ0) is 14.7. The van der Waals surface area contributed by atoms with E-state index in [-0.39, 0.29) is 29.8 Å². The molecule has 0 bridgehead atoms. The molecular weight excluding hydrogens is 282 g/mol. The number of hydrogen-bond donors (Lipinski definition) is 1. The second-order valence-electron chi connectivity index (χ2n) is 4.04. The van der Waals surface area contributed by atoms with Crippen LogP contribution in [-0.4, -0.2) is 26.5 Å². The summed E-state index contributed by atoms with van der Waals surface area (Å²) < 4.78 is 5.39. The van der Waals surface area contributed by atoms with Gasteiger partial charge in [0.1, 0.15) is 5.69 Å². The van der Waals surface area contributed by atoms with Gasteiger partial charge in [0.2, 0.25) is 5.95 Å². The Morgan fingerprint density at radius 2 is 2.15 bits per heavy atom. The molecule has 0 amide bonds. The smallest absolute Gasteiger partial charge is 0.352 e. The fourth-order valence-corrected chi connectivity index (χ4v) is 2.44. The standard InChI is InChI=1S/C11H13N5O3S/c1-6-8(20-5-13-6)3-4-19-10-9(16(17)18)7(2)14-11(12)15-10/h5H,3-4H2,1-2H3,(H2,12,14,15). The second kappa shape index (κ2) is 5.78. The summed E-state index contributed by atoms with van der Waals surface area (Å²) in [5, 5.41) is 11.0. The molecule has 2 N–H and O–H groups in total. The third kappa shape index (κ3) is 2.99. The van der Waals surface area contributed by atoms with Crippen LogP contribution in [0.3, 0.4) is 0 Å². The Kier molecular flexibility index (Phi) is 4.08. The molecule has 0 aliphatic carbocycles. The van der Waals surface area contributed by atoms with E-state index in [4.69, 9.17) is 10.5 Å². The van der Waals surface area contributed by atoms with Gasteiger partial charge in [0.25, 0.3) is 5.88 Å². The first-order valence-corrected chi connectivity index (χ1v) is 6.67. The van der Waals surface area contributed by atoms with Gasteiger partial charge in [-0.05, 0) is 13.8 Å². The third-order valence-electron chi connectivity index (χ3n) is 2.64. The van der Waals surface area contributed by atoms with Crippen molar-refractivity contribution in [1.82, 2.24) is 15.0 Å². The van der Waals surface area contributed by atoms with E-state index in [2.05, 4.69) is 15.0 Å². The molecule has 0 unspecified atom stereocenters. The van der Waals surface area contributed by atoms with Crippen molar-refractivity contribution >= 4 is 23.0 Å². The SMILES string of the molecule is Cc1ncsc1CCOc1nc(N)nc(C)c1[N+](=O)[O-]. The van der Waals surface area contributed by atoms with Crippen LogP contribution in [0.2, 0.25) is 0 Å². The van der Waals surface area contributed by atoms with E-state index in [1.807, 2.05) is 6.92 Å². The van der Waals surface area contributed by atoms with Crippen LogP contribution >= 0.6 is 11.3 Å². The quantitative estimate of drug-likeness (QED) is 0.658. The van der Waals surface area contributed by atoms with Crippen molar-refractivity contribution < 1.29 is 9.66 Å². The molecule has 0 spiro atoms. The number of anilines is 1. The van der Waals surface area contributed by atoms with Crippen molar-refractivity contribution in [2.24, 2.45) is 0 Å². The number of hydrogen-bond acceptors (Lipinski definition) is 8. The largest absolute Gasteiger partial charge is 0.472 e.